The highest BCUT2D eigenvalue weighted by molar-refractivity contribution is 9.10. The molecule has 1 aromatic rings. The van der Waals surface area contributed by atoms with Gasteiger partial charge < -0.3 is 10.5 Å². The Hall–Kier alpha value is -0.540. The number of nitrogens with two attached hydrogens (primary N) is 1. The molecule has 0 radical (unpaired) electrons. The average molecular weight is 286 g/mol. The van der Waals surface area contributed by atoms with Crippen LogP contribution in [0.3, 0.4) is 0 Å². The summed E-state index contributed by atoms with van der Waals surface area (Å²) >= 11 is 3.49. The quantitative estimate of drug-likeness (QED) is 0.899. The first-order chi connectivity index (χ1) is 7.48. The first-order valence-corrected chi connectivity index (χ1v) is 6.39. The van der Waals surface area contributed by atoms with Crippen molar-refractivity contribution in [3.63, 3.8) is 0 Å². The molecular formula is C13H20BrNO. The smallest absolute Gasteiger partial charge is 0.133 e. The Bertz CT molecular complexity index is 350. The van der Waals surface area contributed by atoms with Crippen molar-refractivity contribution in [1.82, 2.24) is 0 Å². The van der Waals surface area contributed by atoms with Gasteiger partial charge in [-0.25, -0.2) is 0 Å². The van der Waals surface area contributed by atoms with E-state index in [9.17, 15) is 0 Å². The van der Waals surface area contributed by atoms with Crippen LogP contribution >= 0.6 is 15.9 Å². The van der Waals surface area contributed by atoms with E-state index in [1.54, 1.807) is 7.11 Å². The maximum Gasteiger partial charge on any atom is 0.133 e. The summed E-state index contributed by atoms with van der Waals surface area (Å²) in [7, 11) is 1.67. The highest BCUT2D eigenvalue weighted by Crippen LogP contribution is 2.27. The van der Waals surface area contributed by atoms with Crippen LogP contribution in [0.15, 0.2) is 22.7 Å². The Morgan fingerprint density at radius 2 is 2.12 bits per heavy atom. The van der Waals surface area contributed by atoms with Crippen LogP contribution in [0.25, 0.3) is 0 Å². The van der Waals surface area contributed by atoms with E-state index in [1.165, 1.54) is 5.56 Å². The van der Waals surface area contributed by atoms with E-state index in [0.717, 1.165) is 29.5 Å². The van der Waals surface area contributed by atoms with Gasteiger partial charge in [0, 0.05) is 5.54 Å². The number of hydrogen-bond acceptors (Lipinski definition) is 2. The van der Waals surface area contributed by atoms with E-state index in [2.05, 4.69) is 41.9 Å². The van der Waals surface area contributed by atoms with Crippen LogP contribution in [-0.2, 0) is 6.42 Å². The van der Waals surface area contributed by atoms with Gasteiger partial charge in [0.15, 0.2) is 0 Å². The molecule has 16 heavy (non-hydrogen) atoms. The molecule has 2 N–H and O–H groups in total. The van der Waals surface area contributed by atoms with Crippen molar-refractivity contribution in [2.75, 3.05) is 7.11 Å². The van der Waals surface area contributed by atoms with Gasteiger partial charge in [0.05, 0.1) is 11.6 Å². The van der Waals surface area contributed by atoms with E-state index >= 15 is 0 Å². The SMILES string of the molecule is CCCC(C)(N)Cc1ccc(OC)c(Br)c1. The zero-order chi connectivity index (χ0) is 12.2. The number of hydrogen-bond donors (Lipinski definition) is 1. The molecule has 1 atom stereocenters. The van der Waals surface area contributed by atoms with Gasteiger partial charge in [0.2, 0.25) is 0 Å². The van der Waals surface area contributed by atoms with Gasteiger partial charge in [-0.05, 0) is 53.4 Å². The molecule has 0 fully saturated rings. The van der Waals surface area contributed by atoms with E-state index < -0.39 is 0 Å². The monoisotopic (exact) mass is 285 g/mol. The zero-order valence-electron chi connectivity index (χ0n) is 10.2. The molecule has 0 heterocycles. The minimum Gasteiger partial charge on any atom is -0.496 e. The largest absolute Gasteiger partial charge is 0.496 e. The molecule has 0 aromatic heterocycles. The number of methoxy groups -OCH3 is 1. The zero-order valence-corrected chi connectivity index (χ0v) is 11.8. The fraction of sp³-hybridized carbons (Fsp3) is 0.538. The molecular weight excluding hydrogens is 266 g/mol. The summed E-state index contributed by atoms with van der Waals surface area (Å²) in [4.78, 5) is 0. The first kappa shape index (κ1) is 13.5. The molecule has 1 unspecified atom stereocenters. The highest BCUT2D eigenvalue weighted by atomic mass is 79.9. The van der Waals surface area contributed by atoms with Crippen LogP contribution in [0.5, 0.6) is 5.75 Å². The highest BCUT2D eigenvalue weighted by Gasteiger charge is 2.18. The van der Waals surface area contributed by atoms with Gasteiger partial charge >= 0.3 is 0 Å². The summed E-state index contributed by atoms with van der Waals surface area (Å²) in [5, 5.41) is 0. The lowest BCUT2D eigenvalue weighted by Gasteiger charge is -2.24. The number of rotatable bonds is 5. The van der Waals surface area contributed by atoms with Gasteiger partial charge in [0.1, 0.15) is 5.75 Å². The minimum absolute atomic E-state index is 0.122. The normalized spacial score (nSPS) is 14.6. The van der Waals surface area contributed by atoms with Gasteiger partial charge in [-0.1, -0.05) is 19.4 Å². The summed E-state index contributed by atoms with van der Waals surface area (Å²) in [5.74, 6) is 0.859. The number of halogens is 1. The van der Waals surface area contributed by atoms with E-state index in [0.29, 0.717) is 0 Å². The van der Waals surface area contributed by atoms with Crippen molar-refractivity contribution in [2.45, 2.75) is 38.6 Å². The van der Waals surface area contributed by atoms with Crippen LogP contribution in [-0.4, -0.2) is 12.6 Å². The summed E-state index contributed by atoms with van der Waals surface area (Å²) in [6.07, 6.45) is 3.05. The minimum atomic E-state index is -0.122. The second-order valence-electron chi connectivity index (χ2n) is 4.55. The third-order valence-corrected chi connectivity index (χ3v) is 3.26. The summed E-state index contributed by atoms with van der Waals surface area (Å²) in [6.45, 7) is 4.27. The Morgan fingerprint density at radius 1 is 1.44 bits per heavy atom. The molecule has 2 nitrogen and oxygen atoms in total. The van der Waals surface area contributed by atoms with Crippen LogP contribution in [0.2, 0.25) is 0 Å². The number of ether oxygens (including phenoxy) is 1. The molecule has 3 heteroatoms. The van der Waals surface area contributed by atoms with Crippen molar-refractivity contribution in [3.05, 3.63) is 28.2 Å². The Kier molecular flexibility index (Phi) is 4.81. The molecule has 0 aliphatic heterocycles. The lowest BCUT2D eigenvalue weighted by Crippen LogP contribution is -2.38. The molecule has 0 bridgehead atoms. The molecule has 1 aromatic carbocycles. The van der Waals surface area contributed by atoms with E-state index in [1.807, 2.05) is 6.07 Å². The van der Waals surface area contributed by atoms with Gasteiger partial charge in [-0.2, -0.15) is 0 Å². The van der Waals surface area contributed by atoms with Gasteiger partial charge in [-0.15, -0.1) is 0 Å². The summed E-state index contributed by atoms with van der Waals surface area (Å²) < 4.78 is 6.19. The fourth-order valence-corrected chi connectivity index (χ4v) is 2.53. The van der Waals surface area contributed by atoms with Gasteiger partial charge in [-0.3, -0.25) is 0 Å². The molecule has 1 rings (SSSR count). The van der Waals surface area contributed by atoms with Crippen molar-refractivity contribution in [1.29, 1.82) is 0 Å². The predicted octanol–water partition coefficient (Wildman–Crippen LogP) is 3.52. The fourth-order valence-electron chi connectivity index (χ4n) is 1.95. The number of benzene rings is 1. The standard InChI is InChI=1S/C13H20BrNO/c1-4-7-13(2,15)9-10-5-6-12(16-3)11(14)8-10/h5-6,8H,4,7,9,15H2,1-3H3. The molecule has 90 valence electrons. The Morgan fingerprint density at radius 3 is 2.62 bits per heavy atom. The predicted molar refractivity (Wildman–Crippen MR) is 71.9 cm³/mol. The third-order valence-electron chi connectivity index (χ3n) is 2.65. The van der Waals surface area contributed by atoms with Crippen molar-refractivity contribution < 1.29 is 4.74 Å². The second-order valence-corrected chi connectivity index (χ2v) is 5.40. The summed E-state index contributed by atoms with van der Waals surface area (Å²) in [6, 6.07) is 6.13. The second kappa shape index (κ2) is 5.69. The van der Waals surface area contributed by atoms with Crippen LogP contribution in [0, 0.1) is 0 Å². The average Bonchev–Trinajstić information content (AvgIpc) is 2.17. The molecule has 0 aliphatic rings. The summed E-state index contributed by atoms with van der Waals surface area (Å²) in [5.41, 5.74) is 7.35. The van der Waals surface area contributed by atoms with Crippen molar-refractivity contribution in [2.24, 2.45) is 5.73 Å². The van der Waals surface area contributed by atoms with E-state index in [4.69, 9.17) is 10.5 Å². The maximum atomic E-state index is 6.23. The molecule has 0 spiro atoms. The van der Waals surface area contributed by atoms with Crippen molar-refractivity contribution in [3.8, 4) is 5.75 Å². The van der Waals surface area contributed by atoms with Crippen LogP contribution in [0.1, 0.15) is 32.3 Å². The van der Waals surface area contributed by atoms with E-state index in [-0.39, 0.29) is 5.54 Å². The molecule has 0 saturated heterocycles. The van der Waals surface area contributed by atoms with Crippen LogP contribution < -0.4 is 10.5 Å². The van der Waals surface area contributed by atoms with Crippen LogP contribution in [0.4, 0.5) is 0 Å². The maximum absolute atomic E-state index is 6.23. The topological polar surface area (TPSA) is 35.2 Å². The lowest BCUT2D eigenvalue weighted by atomic mass is 9.90. The Labute approximate surface area is 106 Å². The van der Waals surface area contributed by atoms with Gasteiger partial charge in [0.25, 0.3) is 0 Å². The Balaban J connectivity index is 2.78. The third kappa shape index (κ3) is 3.80. The van der Waals surface area contributed by atoms with Crippen molar-refractivity contribution >= 4 is 15.9 Å². The first-order valence-electron chi connectivity index (χ1n) is 5.60. The molecule has 0 amide bonds. The lowest BCUT2D eigenvalue weighted by molar-refractivity contribution is 0.409. The molecule has 0 aliphatic carbocycles. The molecule has 0 saturated carbocycles.